The first-order valence-corrected chi connectivity index (χ1v) is 8.15. The molecular weight excluding hydrogens is 358 g/mol. The highest BCUT2D eigenvalue weighted by Gasteiger charge is 2.11. The van der Waals surface area contributed by atoms with Crippen LogP contribution in [0.1, 0.15) is 5.56 Å². The molecule has 2 nitrogen and oxygen atoms in total. The second-order valence-electron chi connectivity index (χ2n) is 4.56. The molecule has 0 radical (unpaired) electrons. The summed E-state index contributed by atoms with van der Waals surface area (Å²) in [5, 5.41) is 0. The minimum absolute atomic E-state index is 0.0352. The van der Waals surface area contributed by atoms with Crippen LogP contribution in [0.5, 0.6) is 0 Å². The Balaban J connectivity index is 1.97. The van der Waals surface area contributed by atoms with Gasteiger partial charge in [0.1, 0.15) is 0 Å². The van der Waals surface area contributed by atoms with Gasteiger partial charge in [0.25, 0.3) is 0 Å². The summed E-state index contributed by atoms with van der Waals surface area (Å²) in [4.78, 5) is 1.11. The van der Waals surface area contributed by atoms with Gasteiger partial charge in [-0.1, -0.05) is 18.2 Å². The van der Waals surface area contributed by atoms with Crippen molar-refractivity contribution in [2.75, 3.05) is 5.75 Å². The molecule has 6 heteroatoms. The maximum absolute atomic E-state index is 13.2. The summed E-state index contributed by atoms with van der Waals surface area (Å²) in [5.41, 5.74) is 3.43. The molecule has 0 fully saturated rings. The van der Waals surface area contributed by atoms with Crippen LogP contribution in [0, 0.1) is 11.6 Å². The van der Waals surface area contributed by atoms with Crippen molar-refractivity contribution in [3.63, 3.8) is 0 Å². The van der Waals surface area contributed by atoms with Gasteiger partial charge < -0.3 is 0 Å². The van der Waals surface area contributed by atoms with Gasteiger partial charge in [0.2, 0.25) is 0 Å². The summed E-state index contributed by atoms with van der Waals surface area (Å²) >= 11 is 5.14. The maximum Gasteiger partial charge on any atom is 0.159 e. The number of hydrazine groups is 1. The Morgan fingerprint density at radius 1 is 1.14 bits per heavy atom. The second kappa shape index (κ2) is 7.89. The lowest BCUT2D eigenvalue weighted by Crippen LogP contribution is -2.38. The lowest BCUT2D eigenvalue weighted by atomic mass is 10.1. The summed E-state index contributed by atoms with van der Waals surface area (Å²) in [5.74, 6) is 4.60. The molecule has 21 heavy (non-hydrogen) atoms. The van der Waals surface area contributed by atoms with Crippen LogP contribution in [0.3, 0.4) is 0 Å². The van der Waals surface area contributed by atoms with Crippen LogP contribution in [0.25, 0.3) is 0 Å². The zero-order valence-corrected chi connectivity index (χ0v) is 13.6. The van der Waals surface area contributed by atoms with Crippen molar-refractivity contribution < 1.29 is 8.78 Å². The number of nitrogens with two attached hydrogens (primary N) is 1. The van der Waals surface area contributed by atoms with Crippen LogP contribution >= 0.6 is 27.7 Å². The highest BCUT2D eigenvalue weighted by Crippen LogP contribution is 2.27. The van der Waals surface area contributed by atoms with Crippen LogP contribution in [-0.2, 0) is 6.42 Å². The topological polar surface area (TPSA) is 38.0 Å². The average Bonchev–Trinajstić information content (AvgIpc) is 2.48. The van der Waals surface area contributed by atoms with Crippen molar-refractivity contribution in [1.82, 2.24) is 5.43 Å². The zero-order valence-electron chi connectivity index (χ0n) is 11.2. The van der Waals surface area contributed by atoms with E-state index < -0.39 is 11.6 Å². The van der Waals surface area contributed by atoms with Gasteiger partial charge in [-0.25, -0.2) is 8.78 Å². The fraction of sp³-hybridized carbons (Fsp3) is 0.200. The van der Waals surface area contributed by atoms with Crippen LogP contribution in [0.15, 0.2) is 51.8 Å². The van der Waals surface area contributed by atoms with Gasteiger partial charge in [-0.3, -0.25) is 11.3 Å². The normalized spacial score (nSPS) is 12.4. The van der Waals surface area contributed by atoms with E-state index in [1.807, 2.05) is 24.3 Å². The molecule has 112 valence electrons. The molecule has 2 aromatic rings. The van der Waals surface area contributed by atoms with Gasteiger partial charge in [-0.2, -0.15) is 0 Å². The minimum atomic E-state index is -0.835. The number of thioether (sulfide) groups is 1. The Bertz CT molecular complexity index is 610. The Hall–Kier alpha value is -0.950. The first-order chi connectivity index (χ1) is 10.1. The van der Waals surface area contributed by atoms with E-state index in [0.29, 0.717) is 12.0 Å². The van der Waals surface area contributed by atoms with E-state index in [-0.39, 0.29) is 6.04 Å². The molecule has 0 aromatic heterocycles. The molecule has 0 heterocycles. The number of halogens is 3. The average molecular weight is 373 g/mol. The summed E-state index contributed by atoms with van der Waals surface area (Å²) in [7, 11) is 0. The zero-order chi connectivity index (χ0) is 15.2. The number of rotatable bonds is 6. The van der Waals surface area contributed by atoms with Gasteiger partial charge in [0, 0.05) is 21.2 Å². The minimum Gasteiger partial charge on any atom is -0.271 e. The van der Waals surface area contributed by atoms with E-state index >= 15 is 0 Å². The summed E-state index contributed by atoms with van der Waals surface area (Å²) < 4.78 is 27.1. The number of hydrogen-bond donors (Lipinski definition) is 2. The van der Waals surface area contributed by atoms with Crippen molar-refractivity contribution in [2.45, 2.75) is 17.4 Å². The Morgan fingerprint density at radius 2 is 1.90 bits per heavy atom. The Labute approximate surface area is 135 Å². The summed E-state index contributed by atoms with van der Waals surface area (Å²) in [6.07, 6.45) is 0.533. The van der Waals surface area contributed by atoms with E-state index in [9.17, 15) is 8.78 Å². The van der Waals surface area contributed by atoms with E-state index in [0.717, 1.165) is 21.2 Å². The van der Waals surface area contributed by atoms with Gasteiger partial charge >= 0.3 is 0 Å². The summed E-state index contributed by atoms with van der Waals surface area (Å²) in [6.45, 7) is 0. The molecule has 0 amide bonds. The molecular formula is C15H15BrF2N2S. The molecule has 0 aliphatic rings. The SMILES string of the molecule is NNC(CSc1ccccc1Br)Cc1ccc(F)c(F)c1. The molecule has 0 aliphatic heterocycles. The quantitative estimate of drug-likeness (QED) is 0.458. The third kappa shape index (κ3) is 4.78. The maximum atomic E-state index is 13.2. The van der Waals surface area contributed by atoms with E-state index in [2.05, 4.69) is 21.4 Å². The monoisotopic (exact) mass is 372 g/mol. The van der Waals surface area contributed by atoms with E-state index in [1.54, 1.807) is 17.8 Å². The predicted molar refractivity (Wildman–Crippen MR) is 86.0 cm³/mol. The molecule has 0 spiro atoms. The Kier molecular flexibility index (Phi) is 6.17. The number of nitrogens with one attached hydrogen (secondary N) is 1. The van der Waals surface area contributed by atoms with Crippen LogP contribution < -0.4 is 11.3 Å². The van der Waals surface area contributed by atoms with Gasteiger partial charge in [0.05, 0.1) is 0 Å². The highest BCUT2D eigenvalue weighted by molar-refractivity contribution is 9.10. The molecule has 0 aliphatic carbocycles. The standard InChI is InChI=1S/C15H15BrF2N2S/c16-12-3-1-2-4-15(12)21-9-11(20-19)7-10-5-6-13(17)14(18)8-10/h1-6,8,11,20H,7,9,19H2. The number of benzene rings is 2. The summed E-state index contributed by atoms with van der Waals surface area (Å²) in [6, 6.07) is 11.8. The van der Waals surface area contributed by atoms with Crippen LogP contribution in [0.4, 0.5) is 8.78 Å². The second-order valence-corrected chi connectivity index (χ2v) is 6.47. The molecule has 1 atom stereocenters. The van der Waals surface area contributed by atoms with Crippen LogP contribution in [-0.4, -0.2) is 11.8 Å². The smallest absolute Gasteiger partial charge is 0.159 e. The lowest BCUT2D eigenvalue weighted by molar-refractivity contribution is 0.504. The van der Waals surface area contributed by atoms with Crippen LogP contribution in [0.2, 0.25) is 0 Å². The van der Waals surface area contributed by atoms with Crippen molar-refractivity contribution in [3.05, 3.63) is 64.1 Å². The Morgan fingerprint density at radius 3 is 2.57 bits per heavy atom. The van der Waals surface area contributed by atoms with Gasteiger partial charge in [0.15, 0.2) is 11.6 Å². The van der Waals surface area contributed by atoms with E-state index in [4.69, 9.17) is 5.84 Å². The fourth-order valence-corrected chi connectivity index (χ4v) is 3.47. The van der Waals surface area contributed by atoms with Crippen molar-refractivity contribution in [1.29, 1.82) is 0 Å². The third-order valence-corrected chi connectivity index (χ3v) is 5.17. The largest absolute Gasteiger partial charge is 0.271 e. The molecule has 0 saturated carbocycles. The molecule has 3 N–H and O–H groups in total. The molecule has 1 unspecified atom stereocenters. The molecule has 2 rings (SSSR count). The molecule has 0 bridgehead atoms. The predicted octanol–water partition coefficient (Wildman–Crippen LogP) is 3.89. The molecule has 2 aromatic carbocycles. The van der Waals surface area contributed by atoms with Crippen molar-refractivity contribution >= 4 is 27.7 Å². The lowest BCUT2D eigenvalue weighted by Gasteiger charge is -2.16. The third-order valence-electron chi connectivity index (χ3n) is 2.98. The van der Waals surface area contributed by atoms with E-state index in [1.165, 1.54) is 6.07 Å². The van der Waals surface area contributed by atoms with Gasteiger partial charge in [-0.15, -0.1) is 11.8 Å². The fourth-order valence-electron chi connectivity index (χ4n) is 1.87. The first kappa shape index (κ1) is 16.4. The van der Waals surface area contributed by atoms with Crippen molar-refractivity contribution in [3.8, 4) is 0 Å². The van der Waals surface area contributed by atoms with Crippen molar-refractivity contribution in [2.24, 2.45) is 5.84 Å². The first-order valence-electron chi connectivity index (χ1n) is 6.37. The number of hydrogen-bond acceptors (Lipinski definition) is 3. The van der Waals surface area contributed by atoms with Gasteiger partial charge in [-0.05, 0) is 52.2 Å². The molecule has 0 saturated heterocycles. The highest BCUT2D eigenvalue weighted by atomic mass is 79.9.